The maximum Gasteiger partial charge on any atom is 0.148 e. The Labute approximate surface area is 82.7 Å². The molecule has 0 atom stereocenters. The van der Waals surface area contributed by atoms with Gasteiger partial charge in [0.25, 0.3) is 0 Å². The highest BCUT2D eigenvalue weighted by Gasteiger charge is 2.17. The van der Waals surface area contributed by atoms with Gasteiger partial charge >= 0.3 is 0 Å². The highest BCUT2D eigenvalue weighted by molar-refractivity contribution is 5.67. The molecule has 0 aliphatic carbocycles. The lowest BCUT2D eigenvalue weighted by atomic mass is 10.1. The van der Waals surface area contributed by atoms with Gasteiger partial charge in [-0.25, -0.2) is 4.39 Å². The minimum atomic E-state index is -0.512. The van der Waals surface area contributed by atoms with E-state index in [1.165, 1.54) is 6.07 Å². The Morgan fingerprint density at radius 3 is 2.71 bits per heavy atom. The van der Waals surface area contributed by atoms with Gasteiger partial charge in [-0.15, -0.1) is 0 Å². The molecule has 0 saturated carbocycles. The molecule has 0 amide bonds. The van der Waals surface area contributed by atoms with Crippen molar-refractivity contribution in [3.63, 3.8) is 0 Å². The molecule has 0 saturated heterocycles. The molecule has 78 valence electrons. The summed E-state index contributed by atoms with van der Waals surface area (Å²) in [4.78, 5) is 0. The maximum absolute atomic E-state index is 13.0. The van der Waals surface area contributed by atoms with Crippen molar-refractivity contribution in [2.24, 2.45) is 0 Å². The summed E-state index contributed by atoms with van der Waals surface area (Å²) in [6.45, 7) is 3.55. The summed E-state index contributed by atoms with van der Waals surface area (Å²) in [6.07, 6.45) is 0. The number of para-hydroxylation sites is 1. The molecule has 1 aromatic carbocycles. The fraction of sp³-hybridized carbons (Fsp3) is 0.400. The first-order valence-corrected chi connectivity index (χ1v) is 4.39. The van der Waals surface area contributed by atoms with E-state index in [9.17, 15) is 4.39 Å². The average molecular weight is 198 g/mol. The van der Waals surface area contributed by atoms with Gasteiger partial charge in [0.1, 0.15) is 5.82 Å². The fourth-order valence-electron chi connectivity index (χ4n) is 1.05. The molecule has 0 aliphatic rings. The Balaban J connectivity index is 2.92. The number of benzene rings is 1. The molecule has 0 spiro atoms. The van der Waals surface area contributed by atoms with Gasteiger partial charge in [-0.05, 0) is 26.0 Å². The maximum atomic E-state index is 13.0. The van der Waals surface area contributed by atoms with E-state index >= 15 is 0 Å². The van der Waals surface area contributed by atoms with Gasteiger partial charge in [-0.2, -0.15) is 0 Å². The van der Waals surface area contributed by atoms with Gasteiger partial charge in [-0.1, -0.05) is 6.07 Å². The Hall–Kier alpha value is -1.29. The second-order valence-electron chi connectivity index (χ2n) is 3.87. The lowest BCUT2D eigenvalue weighted by molar-refractivity contribution is 0.234. The predicted molar refractivity (Wildman–Crippen MR) is 55.6 cm³/mol. The number of nitrogens with one attached hydrogen (secondary N) is 1. The first-order chi connectivity index (χ1) is 6.46. The molecule has 1 aromatic rings. The summed E-state index contributed by atoms with van der Waals surface area (Å²) < 4.78 is 13.0. The standard InChI is InChI=1S/C10H15FN2O/c1-10(2,6-14)13-8-5-3-4-7(11)9(8)12/h3-5,13-14H,6,12H2,1-2H3. The lowest BCUT2D eigenvalue weighted by Gasteiger charge is -2.25. The quantitative estimate of drug-likeness (QED) is 0.646. The van der Waals surface area contributed by atoms with E-state index in [1.807, 2.05) is 0 Å². The third kappa shape index (κ3) is 2.35. The Morgan fingerprint density at radius 1 is 1.50 bits per heavy atom. The number of hydrogen-bond acceptors (Lipinski definition) is 3. The molecule has 0 aliphatic heterocycles. The first kappa shape index (κ1) is 10.8. The van der Waals surface area contributed by atoms with Crippen molar-refractivity contribution in [2.75, 3.05) is 17.7 Å². The molecule has 0 heterocycles. The summed E-state index contributed by atoms with van der Waals surface area (Å²) in [6, 6.07) is 4.55. The summed E-state index contributed by atoms with van der Waals surface area (Å²) in [5.41, 5.74) is 5.59. The Bertz CT molecular complexity index is 326. The van der Waals surface area contributed by atoms with Crippen LogP contribution in [0.25, 0.3) is 0 Å². The van der Waals surface area contributed by atoms with Crippen LogP contribution in [-0.2, 0) is 0 Å². The number of aliphatic hydroxyl groups excluding tert-OH is 1. The minimum Gasteiger partial charge on any atom is -0.395 e. The smallest absolute Gasteiger partial charge is 0.148 e. The normalized spacial score (nSPS) is 11.4. The minimum absolute atomic E-state index is 0.0526. The zero-order valence-corrected chi connectivity index (χ0v) is 8.34. The zero-order valence-electron chi connectivity index (χ0n) is 8.34. The number of hydrogen-bond donors (Lipinski definition) is 3. The molecule has 4 N–H and O–H groups in total. The van der Waals surface area contributed by atoms with Crippen LogP contribution in [-0.4, -0.2) is 17.3 Å². The second-order valence-corrected chi connectivity index (χ2v) is 3.87. The topological polar surface area (TPSA) is 58.3 Å². The van der Waals surface area contributed by atoms with Crippen LogP contribution in [0.2, 0.25) is 0 Å². The van der Waals surface area contributed by atoms with Crippen molar-refractivity contribution in [3.8, 4) is 0 Å². The molecule has 4 heteroatoms. The summed E-state index contributed by atoms with van der Waals surface area (Å²) >= 11 is 0. The van der Waals surface area contributed by atoms with E-state index in [4.69, 9.17) is 10.8 Å². The molecule has 0 radical (unpaired) electrons. The average Bonchev–Trinajstić information content (AvgIpc) is 2.13. The van der Waals surface area contributed by atoms with Crippen molar-refractivity contribution in [1.29, 1.82) is 0 Å². The van der Waals surface area contributed by atoms with E-state index < -0.39 is 11.4 Å². The van der Waals surface area contributed by atoms with Gasteiger partial charge < -0.3 is 16.2 Å². The molecular weight excluding hydrogens is 183 g/mol. The highest BCUT2D eigenvalue weighted by Crippen LogP contribution is 2.24. The number of nitrogens with two attached hydrogens (primary N) is 1. The van der Waals surface area contributed by atoms with E-state index in [0.29, 0.717) is 5.69 Å². The molecule has 0 aromatic heterocycles. The predicted octanol–water partition coefficient (Wildman–Crippen LogP) is 1.59. The molecule has 1 rings (SSSR count). The second kappa shape index (κ2) is 3.84. The SMILES string of the molecule is CC(C)(CO)Nc1cccc(F)c1N. The molecule has 3 nitrogen and oxygen atoms in total. The van der Waals surface area contributed by atoms with Gasteiger partial charge in [0.05, 0.1) is 23.5 Å². The summed E-state index contributed by atoms with van der Waals surface area (Å²) in [5.74, 6) is -0.455. The van der Waals surface area contributed by atoms with Crippen LogP contribution in [0.3, 0.4) is 0 Å². The third-order valence-corrected chi connectivity index (χ3v) is 1.92. The molecular formula is C10H15FN2O. The Morgan fingerprint density at radius 2 is 2.14 bits per heavy atom. The van der Waals surface area contributed by atoms with Crippen LogP contribution in [0.15, 0.2) is 18.2 Å². The van der Waals surface area contributed by atoms with E-state index in [2.05, 4.69) is 5.32 Å². The van der Waals surface area contributed by atoms with Crippen LogP contribution in [0.4, 0.5) is 15.8 Å². The van der Waals surface area contributed by atoms with Crippen molar-refractivity contribution in [3.05, 3.63) is 24.0 Å². The number of nitrogen functional groups attached to an aromatic ring is 1. The van der Waals surface area contributed by atoms with Gasteiger partial charge in [0.2, 0.25) is 0 Å². The van der Waals surface area contributed by atoms with Gasteiger partial charge in [-0.3, -0.25) is 0 Å². The lowest BCUT2D eigenvalue weighted by Crippen LogP contribution is -2.35. The molecule has 0 fully saturated rings. The van der Waals surface area contributed by atoms with Gasteiger partial charge in [0.15, 0.2) is 0 Å². The molecule has 0 unspecified atom stereocenters. The van der Waals surface area contributed by atoms with E-state index in [1.54, 1.807) is 26.0 Å². The Kier molecular flexibility index (Phi) is 2.96. The number of rotatable bonds is 3. The highest BCUT2D eigenvalue weighted by atomic mass is 19.1. The van der Waals surface area contributed by atoms with E-state index in [0.717, 1.165) is 0 Å². The zero-order chi connectivity index (χ0) is 10.8. The van der Waals surface area contributed by atoms with Crippen molar-refractivity contribution >= 4 is 11.4 Å². The van der Waals surface area contributed by atoms with Gasteiger partial charge in [0, 0.05) is 0 Å². The van der Waals surface area contributed by atoms with Crippen LogP contribution < -0.4 is 11.1 Å². The number of anilines is 2. The van der Waals surface area contributed by atoms with Crippen LogP contribution in [0.1, 0.15) is 13.8 Å². The molecule has 0 bridgehead atoms. The van der Waals surface area contributed by atoms with E-state index in [-0.39, 0.29) is 12.3 Å². The van der Waals surface area contributed by atoms with Crippen molar-refractivity contribution < 1.29 is 9.50 Å². The fourth-order valence-corrected chi connectivity index (χ4v) is 1.05. The summed E-state index contributed by atoms with van der Waals surface area (Å²) in [5, 5.41) is 12.0. The number of aliphatic hydroxyl groups is 1. The van der Waals surface area contributed by atoms with Crippen LogP contribution >= 0.6 is 0 Å². The van der Waals surface area contributed by atoms with Crippen molar-refractivity contribution in [2.45, 2.75) is 19.4 Å². The molecule has 14 heavy (non-hydrogen) atoms. The third-order valence-electron chi connectivity index (χ3n) is 1.92. The summed E-state index contributed by atoms with van der Waals surface area (Å²) in [7, 11) is 0. The monoisotopic (exact) mass is 198 g/mol. The first-order valence-electron chi connectivity index (χ1n) is 4.39. The van der Waals surface area contributed by atoms with Crippen LogP contribution in [0, 0.1) is 5.82 Å². The van der Waals surface area contributed by atoms with Crippen molar-refractivity contribution in [1.82, 2.24) is 0 Å². The number of halogens is 1. The largest absolute Gasteiger partial charge is 0.395 e. The van der Waals surface area contributed by atoms with Crippen LogP contribution in [0.5, 0.6) is 0 Å².